The van der Waals surface area contributed by atoms with E-state index in [9.17, 15) is 5.11 Å². The van der Waals surface area contributed by atoms with Crippen molar-refractivity contribution in [2.24, 2.45) is 0 Å². The van der Waals surface area contributed by atoms with Gasteiger partial charge in [0.2, 0.25) is 0 Å². The molecule has 0 radical (unpaired) electrons. The summed E-state index contributed by atoms with van der Waals surface area (Å²) in [5.41, 5.74) is 7.87. The van der Waals surface area contributed by atoms with E-state index in [1.807, 2.05) is 12.3 Å². The summed E-state index contributed by atoms with van der Waals surface area (Å²) < 4.78 is 4.28. The molecule has 0 spiro atoms. The summed E-state index contributed by atoms with van der Waals surface area (Å²) in [6.07, 6.45) is 1.42. The predicted octanol–water partition coefficient (Wildman–Crippen LogP) is 2.12. The van der Waals surface area contributed by atoms with Crippen LogP contribution in [-0.2, 0) is 0 Å². The third-order valence-corrected chi connectivity index (χ3v) is 5.02. The third-order valence-electron chi connectivity index (χ3n) is 3.33. The molecule has 0 atom stereocenters. The molecule has 2 aromatic rings. The fourth-order valence-corrected chi connectivity index (χ4v) is 3.78. The van der Waals surface area contributed by atoms with Crippen molar-refractivity contribution in [2.45, 2.75) is 25.9 Å². The highest BCUT2D eigenvalue weighted by atomic mass is 32.1. The Morgan fingerprint density at radius 1 is 1.42 bits per heavy atom. The maximum atomic E-state index is 9.59. The Labute approximate surface area is 119 Å². The summed E-state index contributed by atoms with van der Waals surface area (Å²) in [5, 5.41) is 13.7. The number of nitrogen functional groups attached to an aromatic ring is 1. The fourth-order valence-electron chi connectivity index (χ4n) is 2.30. The summed E-state index contributed by atoms with van der Waals surface area (Å²) in [4.78, 5) is 6.77. The predicted molar refractivity (Wildman–Crippen MR) is 79.8 cm³/mol. The lowest BCUT2D eigenvalue weighted by Crippen LogP contribution is -2.35. The smallest absolute Gasteiger partial charge is 0.148 e. The van der Waals surface area contributed by atoms with Crippen molar-refractivity contribution in [2.75, 3.05) is 23.7 Å². The number of nitrogens with two attached hydrogens (primary N) is 1. The van der Waals surface area contributed by atoms with Gasteiger partial charge >= 0.3 is 0 Å². The van der Waals surface area contributed by atoms with Gasteiger partial charge in [-0.2, -0.15) is 4.37 Å². The molecule has 0 aliphatic carbocycles. The number of anilines is 2. The standard InChI is InChI=1S/C12H16N4OS2/c1-7-14-9(6-18-7)10-11(13)15-19-12(10)16-4-2-8(17)3-5-16/h6,8,17H,2-5H2,1H3,(H2,13,15). The first-order chi connectivity index (χ1) is 9.15. The van der Waals surface area contributed by atoms with Gasteiger partial charge in [0.15, 0.2) is 0 Å². The summed E-state index contributed by atoms with van der Waals surface area (Å²) >= 11 is 3.04. The third kappa shape index (κ3) is 2.45. The second-order valence-electron chi connectivity index (χ2n) is 4.72. The Morgan fingerprint density at radius 2 is 2.16 bits per heavy atom. The Hall–Kier alpha value is -1.18. The molecule has 1 aliphatic rings. The number of aromatic nitrogens is 2. The highest BCUT2D eigenvalue weighted by molar-refractivity contribution is 7.11. The molecule has 0 bridgehead atoms. The number of nitrogens with zero attached hydrogens (tertiary/aromatic N) is 3. The number of aliphatic hydroxyl groups is 1. The molecule has 3 rings (SSSR count). The molecule has 0 aromatic carbocycles. The van der Waals surface area contributed by atoms with E-state index in [1.165, 1.54) is 11.5 Å². The molecule has 2 aromatic heterocycles. The second kappa shape index (κ2) is 5.07. The highest BCUT2D eigenvalue weighted by Gasteiger charge is 2.24. The number of piperidine rings is 1. The topological polar surface area (TPSA) is 75.3 Å². The molecule has 1 aliphatic heterocycles. The zero-order valence-corrected chi connectivity index (χ0v) is 12.3. The van der Waals surface area contributed by atoms with Gasteiger partial charge in [-0.1, -0.05) is 0 Å². The van der Waals surface area contributed by atoms with Crippen molar-refractivity contribution < 1.29 is 5.11 Å². The molecular formula is C12H16N4OS2. The molecule has 7 heteroatoms. The largest absolute Gasteiger partial charge is 0.393 e. The molecule has 1 saturated heterocycles. The molecule has 102 valence electrons. The van der Waals surface area contributed by atoms with E-state index in [0.29, 0.717) is 5.82 Å². The molecule has 1 fully saturated rings. The zero-order valence-electron chi connectivity index (χ0n) is 10.7. The number of hydrogen-bond acceptors (Lipinski definition) is 7. The molecule has 3 N–H and O–H groups in total. The number of aryl methyl sites for hydroxylation is 1. The van der Waals surface area contributed by atoms with E-state index >= 15 is 0 Å². The van der Waals surface area contributed by atoms with Crippen molar-refractivity contribution in [1.29, 1.82) is 0 Å². The lowest BCUT2D eigenvalue weighted by atomic mass is 10.1. The molecule has 19 heavy (non-hydrogen) atoms. The first-order valence-electron chi connectivity index (χ1n) is 6.26. The van der Waals surface area contributed by atoms with Gasteiger partial charge in [-0.25, -0.2) is 4.98 Å². The normalized spacial score (nSPS) is 17.1. The summed E-state index contributed by atoms with van der Waals surface area (Å²) in [6.45, 7) is 3.68. The van der Waals surface area contributed by atoms with E-state index in [4.69, 9.17) is 5.73 Å². The molecular weight excluding hydrogens is 280 g/mol. The van der Waals surface area contributed by atoms with E-state index < -0.39 is 0 Å². The maximum Gasteiger partial charge on any atom is 0.148 e. The number of rotatable bonds is 2. The van der Waals surface area contributed by atoms with Crippen LogP contribution < -0.4 is 10.6 Å². The van der Waals surface area contributed by atoms with Crippen LogP contribution >= 0.6 is 22.9 Å². The van der Waals surface area contributed by atoms with Crippen LogP contribution in [0.15, 0.2) is 5.38 Å². The number of thiazole rings is 1. The van der Waals surface area contributed by atoms with Crippen LogP contribution in [0.1, 0.15) is 17.8 Å². The summed E-state index contributed by atoms with van der Waals surface area (Å²) in [5.74, 6) is 0.552. The molecule has 0 amide bonds. The number of aliphatic hydroxyl groups excluding tert-OH is 1. The first kappa shape index (κ1) is 12.8. The average molecular weight is 296 g/mol. The first-order valence-corrected chi connectivity index (χ1v) is 7.91. The molecule has 0 unspecified atom stereocenters. The van der Waals surface area contributed by atoms with Crippen LogP contribution in [0.4, 0.5) is 10.8 Å². The van der Waals surface area contributed by atoms with Crippen molar-refractivity contribution in [3.05, 3.63) is 10.4 Å². The van der Waals surface area contributed by atoms with E-state index in [0.717, 1.165) is 47.2 Å². The highest BCUT2D eigenvalue weighted by Crippen LogP contribution is 2.40. The van der Waals surface area contributed by atoms with Crippen molar-refractivity contribution >= 4 is 33.7 Å². The van der Waals surface area contributed by atoms with E-state index in [-0.39, 0.29) is 6.10 Å². The Kier molecular flexibility index (Phi) is 3.42. The Morgan fingerprint density at radius 3 is 2.79 bits per heavy atom. The lowest BCUT2D eigenvalue weighted by molar-refractivity contribution is 0.145. The van der Waals surface area contributed by atoms with Gasteiger partial charge < -0.3 is 15.7 Å². The molecule has 0 saturated carbocycles. The van der Waals surface area contributed by atoms with Crippen LogP contribution in [-0.4, -0.2) is 33.7 Å². The maximum absolute atomic E-state index is 9.59. The number of hydrogen-bond donors (Lipinski definition) is 2. The van der Waals surface area contributed by atoms with Crippen LogP contribution in [0, 0.1) is 6.92 Å². The van der Waals surface area contributed by atoms with Gasteiger partial charge in [0, 0.05) is 18.5 Å². The average Bonchev–Trinajstić information content (AvgIpc) is 2.96. The van der Waals surface area contributed by atoms with Gasteiger partial charge in [0.25, 0.3) is 0 Å². The van der Waals surface area contributed by atoms with Gasteiger partial charge in [0.1, 0.15) is 10.8 Å². The van der Waals surface area contributed by atoms with E-state index in [1.54, 1.807) is 11.3 Å². The minimum absolute atomic E-state index is 0.175. The van der Waals surface area contributed by atoms with Gasteiger partial charge in [-0.15, -0.1) is 11.3 Å². The van der Waals surface area contributed by atoms with Gasteiger partial charge in [0.05, 0.1) is 22.4 Å². The minimum Gasteiger partial charge on any atom is -0.393 e. The van der Waals surface area contributed by atoms with Crippen LogP contribution in [0.3, 0.4) is 0 Å². The van der Waals surface area contributed by atoms with Crippen molar-refractivity contribution in [3.63, 3.8) is 0 Å². The van der Waals surface area contributed by atoms with Gasteiger partial charge in [-0.05, 0) is 31.3 Å². The lowest BCUT2D eigenvalue weighted by Gasteiger charge is -2.30. The minimum atomic E-state index is -0.175. The fraction of sp³-hybridized carbons (Fsp3) is 0.500. The zero-order chi connectivity index (χ0) is 13.4. The van der Waals surface area contributed by atoms with Crippen LogP contribution in [0.5, 0.6) is 0 Å². The summed E-state index contributed by atoms with van der Waals surface area (Å²) in [6, 6.07) is 0. The second-order valence-corrected chi connectivity index (χ2v) is 6.53. The van der Waals surface area contributed by atoms with E-state index in [2.05, 4.69) is 14.3 Å². The monoisotopic (exact) mass is 296 g/mol. The van der Waals surface area contributed by atoms with Gasteiger partial charge in [-0.3, -0.25) is 0 Å². The molecule has 3 heterocycles. The Bertz CT molecular complexity index is 572. The summed E-state index contributed by atoms with van der Waals surface area (Å²) in [7, 11) is 0. The molecule has 5 nitrogen and oxygen atoms in total. The Balaban J connectivity index is 1.94. The quantitative estimate of drug-likeness (QED) is 0.888. The SMILES string of the molecule is Cc1nc(-c2c(N)nsc2N2CCC(O)CC2)cs1. The van der Waals surface area contributed by atoms with Crippen molar-refractivity contribution in [1.82, 2.24) is 9.36 Å². The van der Waals surface area contributed by atoms with Crippen LogP contribution in [0.2, 0.25) is 0 Å². The van der Waals surface area contributed by atoms with Crippen LogP contribution in [0.25, 0.3) is 11.3 Å². The van der Waals surface area contributed by atoms with Crippen molar-refractivity contribution in [3.8, 4) is 11.3 Å².